The van der Waals surface area contributed by atoms with E-state index in [0.29, 0.717) is 22.5 Å². The highest BCUT2D eigenvalue weighted by atomic mass is 79.9. The van der Waals surface area contributed by atoms with Crippen molar-refractivity contribution < 1.29 is 9.13 Å². The number of aromatic nitrogens is 1. The zero-order valence-corrected chi connectivity index (χ0v) is 12.7. The Morgan fingerprint density at radius 2 is 2.20 bits per heavy atom. The van der Waals surface area contributed by atoms with Crippen molar-refractivity contribution in [2.45, 2.75) is 25.8 Å². The third-order valence-electron chi connectivity index (χ3n) is 2.96. The van der Waals surface area contributed by atoms with Gasteiger partial charge in [-0.1, -0.05) is 13.0 Å². The summed E-state index contributed by atoms with van der Waals surface area (Å²) in [7, 11) is 0. The second-order valence-corrected chi connectivity index (χ2v) is 5.37. The molecule has 0 amide bonds. The van der Waals surface area contributed by atoms with E-state index < -0.39 is 0 Å². The standard InChI is InChI=1S/C15H16BrFN2O/c1-2-12(18)8-10-4-3-7-19-15(10)20-14-9-11(17)5-6-13(14)16/h3-7,9,12H,2,8,18H2,1H3. The van der Waals surface area contributed by atoms with Crippen molar-refractivity contribution >= 4 is 15.9 Å². The predicted molar refractivity (Wildman–Crippen MR) is 80.4 cm³/mol. The summed E-state index contributed by atoms with van der Waals surface area (Å²) in [5.74, 6) is 0.503. The molecule has 5 heteroatoms. The number of hydrogen-bond acceptors (Lipinski definition) is 3. The third-order valence-corrected chi connectivity index (χ3v) is 3.61. The maximum absolute atomic E-state index is 13.3. The predicted octanol–water partition coefficient (Wildman–Crippen LogP) is 4.06. The molecule has 1 unspecified atom stereocenters. The lowest BCUT2D eigenvalue weighted by molar-refractivity contribution is 0.445. The van der Waals surface area contributed by atoms with E-state index in [1.807, 2.05) is 19.1 Å². The Morgan fingerprint density at radius 3 is 2.95 bits per heavy atom. The molecule has 0 aliphatic carbocycles. The molecule has 0 fully saturated rings. The first-order valence-electron chi connectivity index (χ1n) is 6.42. The van der Waals surface area contributed by atoms with Crippen LogP contribution >= 0.6 is 15.9 Å². The molecule has 1 aromatic heterocycles. The molecular formula is C15H16BrFN2O. The lowest BCUT2D eigenvalue weighted by Gasteiger charge is -2.13. The monoisotopic (exact) mass is 338 g/mol. The van der Waals surface area contributed by atoms with Crippen LogP contribution in [0.25, 0.3) is 0 Å². The Hall–Kier alpha value is -1.46. The summed E-state index contributed by atoms with van der Waals surface area (Å²) >= 11 is 3.33. The van der Waals surface area contributed by atoms with Crippen LogP contribution in [0, 0.1) is 5.82 Å². The quantitative estimate of drug-likeness (QED) is 0.894. The van der Waals surface area contributed by atoms with Gasteiger partial charge in [-0.2, -0.15) is 0 Å². The normalized spacial score (nSPS) is 12.2. The number of ether oxygens (including phenoxy) is 1. The molecular weight excluding hydrogens is 323 g/mol. The van der Waals surface area contributed by atoms with Crippen LogP contribution in [0.3, 0.4) is 0 Å². The summed E-state index contributed by atoms with van der Waals surface area (Å²) in [6.45, 7) is 2.03. The zero-order valence-electron chi connectivity index (χ0n) is 11.1. The molecule has 0 aliphatic heterocycles. The molecule has 2 aromatic rings. The van der Waals surface area contributed by atoms with Gasteiger partial charge in [-0.05, 0) is 47.0 Å². The number of rotatable bonds is 5. The Morgan fingerprint density at radius 1 is 1.40 bits per heavy atom. The highest BCUT2D eigenvalue weighted by Gasteiger charge is 2.11. The van der Waals surface area contributed by atoms with Crippen LogP contribution in [0.5, 0.6) is 11.6 Å². The van der Waals surface area contributed by atoms with Crippen molar-refractivity contribution in [3.63, 3.8) is 0 Å². The minimum absolute atomic E-state index is 0.0532. The Kier molecular flexibility index (Phi) is 5.09. The lowest BCUT2D eigenvalue weighted by Crippen LogP contribution is -2.21. The topological polar surface area (TPSA) is 48.1 Å². The molecule has 0 saturated heterocycles. The average molecular weight is 339 g/mol. The average Bonchev–Trinajstić information content (AvgIpc) is 2.44. The highest BCUT2D eigenvalue weighted by Crippen LogP contribution is 2.31. The first-order valence-corrected chi connectivity index (χ1v) is 7.21. The number of pyridine rings is 1. The molecule has 1 atom stereocenters. The second-order valence-electron chi connectivity index (χ2n) is 4.52. The van der Waals surface area contributed by atoms with Crippen molar-refractivity contribution in [1.82, 2.24) is 4.98 Å². The number of halogens is 2. The summed E-state index contributed by atoms with van der Waals surface area (Å²) in [6, 6.07) is 8.10. The first kappa shape index (κ1) is 14.9. The van der Waals surface area contributed by atoms with E-state index in [2.05, 4.69) is 20.9 Å². The van der Waals surface area contributed by atoms with E-state index in [1.54, 1.807) is 12.3 Å². The van der Waals surface area contributed by atoms with Crippen LogP contribution in [-0.2, 0) is 6.42 Å². The van der Waals surface area contributed by atoms with Gasteiger partial charge in [-0.15, -0.1) is 0 Å². The van der Waals surface area contributed by atoms with Crippen LogP contribution in [-0.4, -0.2) is 11.0 Å². The second kappa shape index (κ2) is 6.81. The van der Waals surface area contributed by atoms with Crippen molar-refractivity contribution in [2.24, 2.45) is 5.73 Å². The fraction of sp³-hybridized carbons (Fsp3) is 0.267. The van der Waals surface area contributed by atoms with E-state index in [1.165, 1.54) is 12.1 Å². The number of hydrogen-bond donors (Lipinski definition) is 1. The van der Waals surface area contributed by atoms with Gasteiger partial charge in [-0.25, -0.2) is 9.37 Å². The fourth-order valence-electron chi connectivity index (χ4n) is 1.76. The lowest BCUT2D eigenvalue weighted by atomic mass is 10.1. The summed E-state index contributed by atoms with van der Waals surface area (Å²) in [5, 5.41) is 0. The van der Waals surface area contributed by atoms with Crippen LogP contribution in [0.4, 0.5) is 4.39 Å². The van der Waals surface area contributed by atoms with Gasteiger partial charge in [-0.3, -0.25) is 0 Å². The van der Waals surface area contributed by atoms with E-state index in [4.69, 9.17) is 10.5 Å². The Balaban J connectivity index is 2.27. The van der Waals surface area contributed by atoms with Crippen LogP contribution in [0.2, 0.25) is 0 Å². The van der Waals surface area contributed by atoms with E-state index in [0.717, 1.165) is 12.0 Å². The van der Waals surface area contributed by atoms with Gasteiger partial charge in [0.25, 0.3) is 0 Å². The molecule has 2 rings (SSSR count). The Labute approximate surface area is 126 Å². The van der Waals surface area contributed by atoms with E-state index in [9.17, 15) is 4.39 Å². The van der Waals surface area contributed by atoms with Crippen molar-refractivity contribution in [3.8, 4) is 11.6 Å². The third kappa shape index (κ3) is 3.77. The van der Waals surface area contributed by atoms with Gasteiger partial charge in [0, 0.05) is 23.9 Å². The van der Waals surface area contributed by atoms with Gasteiger partial charge in [0.1, 0.15) is 11.6 Å². The van der Waals surface area contributed by atoms with E-state index in [-0.39, 0.29) is 11.9 Å². The van der Waals surface area contributed by atoms with Gasteiger partial charge < -0.3 is 10.5 Å². The largest absolute Gasteiger partial charge is 0.437 e. The van der Waals surface area contributed by atoms with Crippen LogP contribution < -0.4 is 10.5 Å². The SMILES string of the molecule is CCC(N)Cc1cccnc1Oc1cc(F)ccc1Br. The zero-order chi connectivity index (χ0) is 14.5. The fourth-order valence-corrected chi connectivity index (χ4v) is 2.09. The summed E-state index contributed by atoms with van der Waals surface area (Å²) in [5.41, 5.74) is 6.88. The molecule has 0 bridgehead atoms. The smallest absolute Gasteiger partial charge is 0.222 e. The molecule has 3 nitrogen and oxygen atoms in total. The molecule has 1 aromatic carbocycles. The summed E-state index contributed by atoms with van der Waals surface area (Å²) in [6.07, 6.45) is 3.19. The maximum atomic E-state index is 13.3. The van der Waals surface area contributed by atoms with Gasteiger partial charge in [0.15, 0.2) is 0 Å². The molecule has 106 valence electrons. The molecule has 0 aliphatic rings. The minimum atomic E-state index is -0.356. The summed E-state index contributed by atoms with van der Waals surface area (Å²) in [4.78, 5) is 4.21. The first-order chi connectivity index (χ1) is 9.60. The summed E-state index contributed by atoms with van der Waals surface area (Å²) < 4.78 is 19.7. The molecule has 0 saturated carbocycles. The number of nitrogens with two attached hydrogens (primary N) is 1. The molecule has 1 heterocycles. The van der Waals surface area contributed by atoms with Crippen LogP contribution in [0.1, 0.15) is 18.9 Å². The highest BCUT2D eigenvalue weighted by molar-refractivity contribution is 9.10. The van der Waals surface area contributed by atoms with Crippen LogP contribution in [0.15, 0.2) is 41.0 Å². The molecule has 0 spiro atoms. The van der Waals surface area contributed by atoms with Crippen molar-refractivity contribution in [1.29, 1.82) is 0 Å². The Bertz CT molecular complexity index is 592. The minimum Gasteiger partial charge on any atom is -0.437 e. The molecule has 2 N–H and O–H groups in total. The number of benzene rings is 1. The molecule has 0 radical (unpaired) electrons. The van der Waals surface area contributed by atoms with Gasteiger partial charge >= 0.3 is 0 Å². The maximum Gasteiger partial charge on any atom is 0.222 e. The van der Waals surface area contributed by atoms with E-state index >= 15 is 0 Å². The number of nitrogens with zero attached hydrogens (tertiary/aromatic N) is 1. The van der Waals surface area contributed by atoms with Crippen molar-refractivity contribution in [2.75, 3.05) is 0 Å². The van der Waals surface area contributed by atoms with Gasteiger partial charge in [0.2, 0.25) is 5.88 Å². The van der Waals surface area contributed by atoms with Crippen molar-refractivity contribution in [3.05, 3.63) is 52.4 Å². The van der Waals surface area contributed by atoms with Gasteiger partial charge in [0.05, 0.1) is 4.47 Å². The molecule has 20 heavy (non-hydrogen) atoms.